The van der Waals surface area contributed by atoms with Crippen LogP contribution in [0.5, 0.6) is 5.75 Å². The minimum Gasteiger partial charge on any atom is -0.507 e. The number of anilines is 1. The van der Waals surface area contributed by atoms with Crippen molar-refractivity contribution in [1.29, 1.82) is 0 Å². The lowest BCUT2D eigenvalue weighted by Crippen LogP contribution is -2.10. The fourth-order valence-electron chi connectivity index (χ4n) is 1.76. The standard InChI is InChI=1S/C11H8FN5O2/c12-4-1-2-5(6(18)3-4)8-14-7-9(15-8)16-11(13)17-10(7)19/h1-3,18H,(H4,13,14,15,16,17,19). The number of aromatic amines is 2. The van der Waals surface area contributed by atoms with Crippen molar-refractivity contribution in [3.63, 3.8) is 0 Å². The van der Waals surface area contributed by atoms with Crippen LogP contribution in [0.3, 0.4) is 0 Å². The lowest BCUT2D eigenvalue weighted by atomic mass is 10.2. The van der Waals surface area contributed by atoms with E-state index in [0.717, 1.165) is 6.07 Å². The number of nitrogens with two attached hydrogens (primary N) is 1. The number of hydrogen-bond acceptors (Lipinski definition) is 5. The molecule has 0 aliphatic heterocycles. The largest absolute Gasteiger partial charge is 0.507 e. The van der Waals surface area contributed by atoms with E-state index < -0.39 is 11.4 Å². The number of imidazole rings is 1. The summed E-state index contributed by atoms with van der Waals surface area (Å²) in [6.45, 7) is 0. The second-order valence-electron chi connectivity index (χ2n) is 3.90. The van der Waals surface area contributed by atoms with Crippen molar-refractivity contribution < 1.29 is 9.50 Å². The molecule has 0 fully saturated rings. The smallest absolute Gasteiger partial charge is 0.278 e. The summed E-state index contributed by atoms with van der Waals surface area (Å²) in [5.41, 5.74) is 5.45. The molecule has 8 heteroatoms. The van der Waals surface area contributed by atoms with Gasteiger partial charge in [0.05, 0.1) is 5.56 Å². The number of H-pyrrole nitrogens is 2. The van der Waals surface area contributed by atoms with Crippen LogP contribution in [0.15, 0.2) is 23.0 Å². The summed E-state index contributed by atoms with van der Waals surface area (Å²) in [4.78, 5) is 24.5. The number of aromatic nitrogens is 4. The van der Waals surface area contributed by atoms with Gasteiger partial charge in [0.15, 0.2) is 11.2 Å². The molecule has 96 valence electrons. The van der Waals surface area contributed by atoms with E-state index in [1.165, 1.54) is 12.1 Å². The highest BCUT2D eigenvalue weighted by molar-refractivity contribution is 5.77. The molecule has 0 bridgehead atoms. The van der Waals surface area contributed by atoms with Crippen LogP contribution in [0.4, 0.5) is 10.3 Å². The lowest BCUT2D eigenvalue weighted by Gasteiger charge is -1.99. The maximum absolute atomic E-state index is 12.9. The first-order chi connectivity index (χ1) is 9.04. The zero-order chi connectivity index (χ0) is 13.6. The van der Waals surface area contributed by atoms with Crippen LogP contribution in [0.25, 0.3) is 22.6 Å². The third-order valence-electron chi connectivity index (χ3n) is 2.59. The number of nitrogens with zero attached hydrogens (tertiary/aromatic N) is 2. The average Bonchev–Trinajstić information content (AvgIpc) is 2.72. The van der Waals surface area contributed by atoms with Gasteiger partial charge in [-0.2, -0.15) is 4.98 Å². The van der Waals surface area contributed by atoms with Gasteiger partial charge in [0.1, 0.15) is 17.4 Å². The fourth-order valence-corrected chi connectivity index (χ4v) is 1.76. The predicted octanol–water partition coefficient (Wildman–Crippen LogP) is 0.740. The first-order valence-corrected chi connectivity index (χ1v) is 5.29. The van der Waals surface area contributed by atoms with Gasteiger partial charge in [-0.25, -0.2) is 9.37 Å². The number of nitrogens with one attached hydrogen (secondary N) is 2. The van der Waals surface area contributed by atoms with E-state index in [2.05, 4.69) is 19.9 Å². The third-order valence-corrected chi connectivity index (χ3v) is 2.59. The molecule has 0 saturated carbocycles. The molecule has 7 nitrogen and oxygen atoms in total. The quantitative estimate of drug-likeness (QED) is 0.515. The topological polar surface area (TPSA) is 121 Å². The van der Waals surface area contributed by atoms with Crippen LogP contribution < -0.4 is 11.3 Å². The number of phenols is 1. The highest BCUT2D eigenvalue weighted by atomic mass is 19.1. The Morgan fingerprint density at radius 2 is 2.05 bits per heavy atom. The molecule has 3 rings (SSSR count). The molecule has 3 aromatic rings. The number of fused-ring (bicyclic) bond motifs is 1. The van der Waals surface area contributed by atoms with E-state index in [9.17, 15) is 14.3 Å². The molecule has 1 aromatic carbocycles. The number of aromatic hydroxyl groups is 1. The average molecular weight is 261 g/mol. The zero-order valence-electron chi connectivity index (χ0n) is 9.44. The number of hydrogen-bond donors (Lipinski definition) is 4. The minimum atomic E-state index is -0.572. The van der Waals surface area contributed by atoms with Crippen molar-refractivity contribution in [2.24, 2.45) is 0 Å². The van der Waals surface area contributed by atoms with Crippen LogP contribution >= 0.6 is 0 Å². The molecule has 19 heavy (non-hydrogen) atoms. The zero-order valence-corrected chi connectivity index (χ0v) is 9.44. The molecule has 0 aliphatic rings. The first-order valence-electron chi connectivity index (χ1n) is 5.29. The van der Waals surface area contributed by atoms with Gasteiger partial charge in [0.2, 0.25) is 5.95 Å². The summed E-state index contributed by atoms with van der Waals surface area (Å²) < 4.78 is 12.9. The molecular formula is C11H8FN5O2. The summed E-state index contributed by atoms with van der Waals surface area (Å²) in [7, 11) is 0. The lowest BCUT2D eigenvalue weighted by molar-refractivity contribution is 0.471. The van der Waals surface area contributed by atoms with Crippen LogP contribution in [-0.2, 0) is 0 Å². The van der Waals surface area contributed by atoms with Gasteiger partial charge < -0.3 is 15.8 Å². The maximum atomic E-state index is 12.9. The molecule has 0 aliphatic carbocycles. The Bertz CT molecular complexity index is 839. The fraction of sp³-hybridized carbons (Fsp3) is 0. The molecule has 2 aromatic heterocycles. The van der Waals surface area contributed by atoms with E-state index >= 15 is 0 Å². The van der Waals surface area contributed by atoms with Crippen molar-refractivity contribution in [3.8, 4) is 17.1 Å². The van der Waals surface area contributed by atoms with E-state index in [1.54, 1.807) is 0 Å². The predicted molar refractivity (Wildman–Crippen MR) is 66.0 cm³/mol. The van der Waals surface area contributed by atoms with Crippen molar-refractivity contribution in [2.45, 2.75) is 0 Å². The summed E-state index contributed by atoms with van der Waals surface area (Å²) in [5, 5.41) is 9.66. The van der Waals surface area contributed by atoms with E-state index in [-0.39, 0.29) is 34.2 Å². The highest BCUT2D eigenvalue weighted by Gasteiger charge is 2.13. The Morgan fingerprint density at radius 3 is 2.79 bits per heavy atom. The summed E-state index contributed by atoms with van der Waals surface area (Å²) >= 11 is 0. The van der Waals surface area contributed by atoms with Crippen LogP contribution in [0.2, 0.25) is 0 Å². The molecule has 0 atom stereocenters. The summed E-state index contributed by atoms with van der Waals surface area (Å²) in [6, 6.07) is 3.47. The Morgan fingerprint density at radius 1 is 1.26 bits per heavy atom. The van der Waals surface area contributed by atoms with Crippen LogP contribution in [0.1, 0.15) is 0 Å². The van der Waals surface area contributed by atoms with Crippen molar-refractivity contribution >= 4 is 17.1 Å². The normalized spacial score (nSPS) is 11.0. The second kappa shape index (κ2) is 3.80. The third kappa shape index (κ3) is 1.79. The molecule has 0 spiro atoms. The number of halogens is 1. The van der Waals surface area contributed by atoms with Gasteiger partial charge in [-0.05, 0) is 12.1 Å². The Kier molecular flexibility index (Phi) is 2.24. The van der Waals surface area contributed by atoms with Crippen LogP contribution in [0, 0.1) is 5.82 Å². The molecule has 0 unspecified atom stereocenters. The van der Waals surface area contributed by atoms with Gasteiger partial charge in [-0.15, -0.1) is 0 Å². The molecule has 0 amide bonds. The molecule has 2 heterocycles. The summed E-state index contributed by atoms with van der Waals surface area (Å²) in [6.07, 6.45) is 0. The van der Waals surface area contributed by atoms with Crippen molar-refractivity contribution in [1.82, 2.24) is 19.9 Å². The Labute approximate surface area is 104 Å². The first kappa shape index (κ1) is 11.2. The number of nitrogen functional groups attached to an aromatic ring is 1. The molecule has 5 N–H and O–H groups in total. The monoisotopic (exact) mass is 261 g/mol. The molecule has 0 saturated heterocycles. The Balaban J connectivity index is 2.26. The number of rotatable bonds is 1. The number of phenolic OH excluding ortho intramolecular Hbond substituents is 1. The molecule has 0 radical (unpaired) electrons. The van der Waals surface area contributed by atoms with Crippen molar-refractivity contribution in [3.05, 3.63) is 34.4 Å². The van der Waals surface area contributed by atoms with Gasteiger partial charge in [0, 0.05) is 6.07 Å². The van der Waals surface area contributed by atoms with E-state index in [0.29, 0.717) is 0 Å². The van der Waals surface area contributed by atoms with Gasteiger partial charge in [-0.3, -0.25) is 9.78 Å². The van der Waals surface area contributed by atoms with E-state index in [4.69, 9.17) is 5.73 Å². The summed E-state index contributed by atoms with van der Waals surface area (Å²) in [5.74, 6) is -0.712. The van der Waals surface area contributed by atoms with Gasteiger partial charge in [-0.1, -0.05) is 0 Å². The van der Waals surface area contributed by atoms with Gasteiger partial charge >= 0.3 is 0 Å². The maximum Gasteiger partial charge on any atom is 0.278 e. The minimum absolute atomic E-state index is 0.0566. The van der Waals surface area contributed by atoms with Crippen LogP contribution in [-0.4, -0.2) is 25.0 Å². The van der Waals surface area contributed by atoms with Crippen molar-refractivity contribution in [2.75, 3.05) is 5.73 Å². The van der Waals surface area contributed by atoms with Gasteiger partial charge in [0.25, 0.3) is 5.56 Å². The molecular weight excluding hydrogens is 253 g/mol. The second-order valence-corrected chi connectivity index (χ2v) is 3.90. The SMILES string of the molecule is Nc1nc2nc(-c3ccc(F)cc3O)[nH]c2c(=O)[nH]1. The Hall–Kier alpha value is -2.90. The number of benzene rings is 1. The highest BCUT2D eigenvalue weighted by Crippen LogP contribution is 2.28. The van der Waals surface area contributed by atoms with E-state index in [1.807, 2.05) is 0 Å².